The van der Waals surface area contributed by atoms with E-state index in [0.717, 1.165) is 23.7 Å². The van der Waals surface area contributed by atoms with Gasteiger partial charge in [-0.15, -0.1) is 0 Å². The number of benzene rings is 1. The number of nitrogens with zero attached hydrogens (tertiary/aromatic N) is 1. The second-order valence-electron chi connectivity index (χ2n) is 4.75. The van der Waals surface area contributed by atoms with Gasteiger partial charge in [-0.05, 0) is 31.5 Å². The Balaban J connectivity index is 2.04. The van der Waals surface area contributed by atoms with Crippen LogP contribution in [0.4, 0.5) is 0 Å². The average molecular weight is 308 g/mol. The van der Waals surface area contributed by atoms with E-state index in [1.54, 1.807) is 31.3 Å². The Bertz CT molecular complexity index is 630. The molecule has 0 bridgehead atoms. The maximum absolute atomic E-state index is 11.8. The number of hydrogen-bond acceptors (Lipinski definition) is 4. The van der Waals surface area contributed by atoms with Crippen LogP contribution in [0.2, 0.25) is 5.02 Å². The van der Waals surface area contributed by atoms with Gasteiger partial charge in [0.2, 0.25) is 0 Å². The first kappa shape index (κ1) is 15.6. The number of carbonyl (C=O) groups excluding carboxylic acids is 1. The smallest absolute Gasteiger partial charge is 0.347 e. The lowest BCUT2D eigenvalue weighted by molar-refractivity contribution is -0.151. The third kappa shape index (κ3) is 4.08. The first-order valence-corrected chi connectivity index (χ1v) is 7.37. The van der Waals surface area contributed by atoms with Crippen molar-refractivity contribution in [3.8, 4) is 5.75 Å². The highest BCUT2D eigenvalue weighted by Gasteiger charge is 2.16. The number of ether oxygens (including phenoxy) is 2. The molecule has 0 fully saturated rings. The molecule has 5 heteroatoms. The summed E-state index contributed by atoms with van der Waals surface area (Å²) < 4.78 is 10.7. The van der Waals surface area contributed by atoms with Gasteiger partial charge in [-0.25, -0.2) is 4.79 Å². The van der Waals surface area contributed by atoms with Crippen LogP contribution < -0.4 is 4.74 Å². The molecule has 0 aliphatic heterocycles. The molecule has 0 radical (unpaired) electrons. The summed E-state index contributed by atoms with van der Waals surface area (Å²) in [5.74, 6) is 0.208. The zero-order valence-electron chi connectivity index (χ0n) is 12.1. The van der Waals surface area contributed by atoms with Crippen LogP contribution in [0.1, 0.15) is 26.7 Å². The summed E-state index contributed by atoms with van der Waals surface area (Å²) in [5, 5.41) is 1.49. The Labute approximate surface area is 129 Å². The molecule has 1 atom stereocenters. The van der Waals surface area contributed by atoms with Gasteiger partial charge >= 0.3 is 5.97 Å². The third-order valence-corrected chi connectivity index (χ3v) is 3.38. The molecule has 2 aromatic rings. The van der Waals surface area contributed by atoms with Crippen LogP contribution in [0.5, 0.6) is 5.75 Å². The van der Waals surface area contributed by atoms with Gasteiger partial charge in [0.15, 0.2) is 6.10 Å². The molecule has 0 aliphatic rings. The van der Waals surface area contributed by atoms with Crippen LogP contribution in [-0.2, 0) is 9.53 Å². The Morgan fingerprint density at radius 1 is 1.38 bits per heavy atom. The standard InChI is InChI=1S/C16H18ClNO3/c1-3-4-9-20-16(19)11(2)21-12-5-6-13-14(17)7-8-18-15(13)10-12/h5-8,10-11H,3-4,9H2,1-2H3. The second kappa shape index (κ2) is 7.27. The van der Waals surface area contributed by atoms with Crippen molar-refractivity contribution in [2.75, 3.05) is 6.61 Å². The summed E-state index contributed by atoms with van der Waals surface area (Å²) >= 11 is 6.08. The fourth-order valence-corrected chi connectivity index (χ4v) is 2.07. The largest absolute Gasteiger partial charge is 0.479 e. The number of rotatable bonds is 6. The van der Waals surface area contributed by atoms with Crippen molar-refractivity contribution < 1.29 is 14.3 Å². The van der Waals surface area contributed by atoms with E-state index in [9.17, 15) is 4.79 Å². The highest BCUT2D eigenvalue weighted by atomic mass is 35.5. The van der Waals surface area contributed by atoms with Gasteiger partial charge in [-0.3, -0.25) is 4.98 Å². The summed E-state index contributed by atoms with van der Waals surface area (Å²) in [7, 11) is 0. The molecule has 0 saturated heterocycles. The SMILES string of the molecule is CCCCOC(=O)C(C)Oc1ccc2c(Cl)ccnc2c1. The fourth-order valence-electron chi connectivity index (χ4n) is 1.85. The summed E-state index contributed by atoms with van der Waals surface area (Å²) in [4.78, 5) is 16.0. The molecule has 2 rings (SSSR count). The van der Waals surface area contributed by atoms with E-state index in [1.165, 1.54) is 0 Å². The molecule has 1 aromatic heterocycles. The molecule has 0 saturated carbocycles. The van der Waals surface area contributed by atoms with Crippen LogP contribution in [0.15, 0.2) is 30.5 Å². The van der Waals surface area contributed by atoms with Gasteiger partial charge in [-0.2, -0.15) is 0 Å². The van der Waals surface area contributed by atoms with E-state index in [0.29, 0.717) is 17.4 Å². The number of pyridine rings is 1. The number of fused-ring (bicyclic) bond motifs is 1. The molecule has 0 amide bonds. The fraction of sp³-hybridized carbons (Fsp3) is 0.375. The predicted molar refractivity (Wildman–Crippen MR) is 82.7 cm³/mol. The molecule has 112 valence electrons. The summed E-state index contributed by atoms with van der Waals surface area (Å²) in [6.45, 7) is 4.14. The molecule has 1 heterocycles. The predicted octanol–water partition coefficient (Wildman–Crippen LogP) is 4.00. The lowest BCUT2D eigenvalue weighted by atomic mass is 10.2. The molecule has 0 spiro atoms. The van der Waals surface area contributed by atoms with Crippen molar-refractivity contribution in [2.24, 2.45) is 0 Å². The Morgan fingerprint density at radius 3 is 2.95 bits per heavy atom. The van der Waals surface area contributed by atoms with Crippen LogP contribution in [-0.4, -0.2) is 23.7 Å². The monoisotopic (exact) mass is 307 g/mol. The van der Waals surface area contributed by atoms with Gasteiger partial charge in [0, 0.05) is 17.6 Å². The average Bonchev–Trinajstić information content (AvgIpc) is 2.47. The van der Waals surface area contributed by atoms with Gasteiger partial charge in [0.05, 0.1) is 17.1 Å². The normalized spacial score (nSPS) is 12.1. The van der Waals surface area contributed by atoms with Crippen LogP contribution in [0.25, 0.3) is 10.9 Å². The Kier molecular flexibility index (Phi) is 5.39. The van der Waals surface area contributed by atoms with Gasteiger partial charge in [0.1, 0.15) is 5.75 Å². The molecule has 0 N–H and O–H groups in total. The third-order valence-electron chi connectivity index (χ3n) is 3.05. The van der Waals surface area contributed by atoms with Crippen LogP contribution >= 0.6 is 11.6 Å². The van der Waals surface area contributed by atoms with Crippen molar-refractivity contribution in [2.45, 2.75) is 32.8 Å². The first-order chi connectivity index (χ1) is 10.1. The van der Waals surface area contributed by atoms with E-state index < -0.39 is 6.10 Å². The van der Waals surface area contributed by atoms with E-state index in [1.807, 2.05) is 13.0 Å². The maximum atomic E-state index is 11.8. The van der Waals surface area contributed by atoms with E-state index in [-0.39, 0.29) is 5.97 Å². The van der Waals surface area contributed by atoms with Gasteiger partial charge in [0.25, 0.3) is 0 Å². The number of esters is 1. The number of aromatic nitrogens is 1. The maximum Gasteiger partial charge on any atom is 0.347 e. The summed E-state index contributed by atoms with van der Waals surface area (Å²) in [6, 6.07) is 7.09. The zero-order valence-corrected chi connectivity index (χ0v) is 12.9. The van der Waals surface area contributed by atoms with Crippen molar-refractivity contribution in [1.29, 1.82) is 0 Å². The highest BCUT2D eigenvalue weighted by Crippen LogP contribution is 2.25. The van der Waals surface area contributed by atoms with Crippen molar-refractivity contribution in [3.05, 3.63) is 35.5 Å². The number of halogens is 1. The topological polar surface area (TPSA) is 48.4 Å². The van der Waals surface area contributed by atoms with Crippen molar-refractivity contribution in [1.82, 2.24) is 4.98 Å². The van der Waals surface area contributed by atoms with Crippen LogP contribution in [0, 0.1) is 0 Å². The molecular weight excluding hydrogens is 290 g/mol. The lowest BCUT2D eigenvalue weighted by Crippen LogP contribution is -2.26. The molecule has 1 unspecified atom stereocenters. The minimum atomic E-state index is -0.654. The quantitative estimate of drug-likeness (QED) is 0.598. The Hall–Kier alpha value is -1.81. The number of carbonyl (C=O) groups is 1. The number of hydrogen-bond donors (Lipinski definition) is 0. The minimum Gasteiger partial charge on any atom is -0.479 e. The molecule has 4 nitrogen and oxygen atoms in total. The Morgan fingerprint density at radius 2 is 2.19 bits per heavy atom. The summed E-state index contributed by atoms with van der Waals surface area (Å²) in [6.07, 6.45) is 2.83. The lowest BCUT2D eigenvalue weighted by Gasteiger charge is -2.14. The number of unbranched alkanes of at least 4 members (excludes halogenated alkanes) is 1. The molecular formula is C16H18ClNO3. The van der Waals surface area contributed by atoms with Crippen molar-refractivity contribution >= 4 is 28.5 Å². The van der Waals surface area contributed by atoms with E-state index in [2.05, 4.69) is 4.98 Å². The molecule has 21 heavy (non-hydrogen) atoms. The van der Waals surface area contributed by atoms with Gasteiger partial charge < -0.3 is 9.47 Å². The van der Waals surface area contributed by atoms with E-state index >= 15 is 0 Å². The molecule has 1 aromatic carbocycles. The second-order valence-corrected chi connectivity index (χ2v) is 5.16. The van der Waals surface area contributed by atoms with Crippen molar-refractivity contribution in [3.63, 3.8) is 0 Å². The zero-order chi connectivity index (χ0) is 15.2. The van der Waals surface area contributed by atoms with Gasteiger partial charge in [-0.1, -0.05) is 24.9 Å². The van der Waals surface area contributed by atoms with Crippen LogP contribution in [0.3, 0.4) is 0 Å². The summed E-state index contributed by atoms with van der Waals surface area (Å²) in [5.41, 5.74) is 0.728. The first-order valence-electron chi connectivity index (χ1n) is 6.99. The minimum absolute atomic E-state index is 0.359. The highest BCUT2D eigenvalue weighted by molar-refractivity contribution is 6.35. The van der Waals surface area contributed by atoms with E-state index in [4.69, 9.17) is 21.1 Å². The molecule has 0 aliphatic carbocycles.